The highest BCUT2D eigenvalue weighted by Gasteiger charge is 2.20. The minimum Gasteiger partial charge on any atom is -0.408 e. The number of ether oxygens (including phenoxy) is 1. The van der Waals surface area contributed by atoms with Crippen LogP contribution in [0.2, 0.25) is 0 Å². The minimum absolute atomic E-state index is 0.304. The molecule has 4 aromatic rings. The maximum absolute atomic E-state index is 12.8. The molecule has 0 bridgehead atoms. The molecule has 2 heterocycles. The van der Waals surface area contributed by atoms with Crippen LogP contribution in [0.4, 0.5) is 10.7 Å². The Kier molecular flexibility index (Phi) is 7.11. The van der Waals surface area contributed by atoms with E-state index in [9.17, 15) is 13.2 Å². The molecule has 10 heteroatoms. The molecule has 1 aromatic heterocycles. The molecular weight excluding hydrogens is 490 g/mol. The van der Waals surface area contributed by atoms with Crippen LogP contribution in [-0.2, 0) is 16.3 Å². The summed E-state index contributed by atoms with van der Waals surface area (Å²) in [6.07, 6.45) is 0.954. The van der Waals surface area contributed by atoms with E-state index in [4.69, 9.17) is 10.5 Å². The molecule has 37 heavy (non-hydrogen) atoms. The second-order valence-corrected chi connectivity index (χ2v) is 11.0. The molecule has 0 aliphatic carbocycles. The van der Waals surface area contributed by atoms with E-state index in [0.717, 1.165) is 62.6 Å². The van der Waals surface area contributed by atoms with Crippen LogP contribution in [0.1, 0.15) is 12.0 Å². The van der Waals surface area contributed by atoms with Gasteiger partial charge in [-0.3, -0.25) is 0 Å². The summed E-state index contributed by atoms with van der Waals surface area (Å²) in [6.45, 7) is 4.39. The van der Waals surface area contributed by atoms with E-state index in [1.54, 1.807) is 54.6 Å². The first kappa shape index (κ1) is 24.8. The summed E-state index contributed by atoms with van der Waals surface area (Å²) >= 11 is 0. The number of amides is 1. The van der Waals surface area contributed by atoms with E-state index in [1.165, 1.54) is 0 Å². The Labute approximate surface area is 215 Å². The average Bonchev–Trinajstić information content (AvgIpc) is 3.20. The molecular formula is C27H29N5O4S. The molecule has 0 atom stereocenters. The molecule has 5 rings (SSSR count). The van der Waals surface area contributed by atoms with Crippen molar-refractivity contribution in [3.8, 4) is 5.75 Å². The summed E-state index contributed by atoms with van der Waals surface area (Å²) in [4.78, 5) is 24.4. The van der Waals surface area contributed by atoms with Gasteiger partial charge in [0.2, 0.25) is 15.8 Å². The van der Waals surface area contributed by atoms with Crippen LogP contribution in [0, 0.1) is 0 Å². The summed E-state index contributed by atoms with van der Waals surface area (Å²) in [7, 11) is -3.50. The fourth-order valence-corrected chi connectivity index (χ4v) is 5.88. The molecule has 0 unspecified atom stereocenters. The molecule has 1 aliphatic rings. The van der Waals surface area contributed by atoms with Gasteiger partial charge in [0.1, 0.15) is 5.52 Å². The summed E-state index contributed by atoms with van der Waals surface area (Å²) in [5.41, 5.74) is 7.65. The van der Waals surface area contributed by atoms with Gasteiger partial charge < -0.3 is 25.3 Å². The number of primary amides is 1. The number of carbonyl (C=O) groups is 1. The van der Waals surface area contributed by atoms with E-state index >= 15 is 0 Å². The van der Waals surface area contributed by atoms with Gasteiger partial charge >= 0.3 is 6.09 Å². The maximum atomic E-state index is 12.8. The van der Waals surface area contributed by atoms with Crippen molar-refractivity contribution in [3.63, 3.8) is 0 Å². The number of fused-ring (bicyclic) bond motifs is 1. The van der Waals surface area contributed by atoms with E-state index in [2.05, 4.69) is 19.8 Å². The van der Waals surface area contributed by atoms with Gasteiger partial charge in [-0.1, -0.05) is 36.4 Å². The summed E-state index contributed by atoms with van der Waals surface area (Å²) in [6, 6.07) is 21.0. The zero-order chi connectivity index (χ0) is 25.8. The number of hydrogen-bond acceptors (Lipinski definition) is 7. The van der Waals surface area contributed by atoms with Crippen LogP contribution < -0.4 is 15.4 Å². The fraction of sp³-hybridized carbons (Fsp3) is 0.259. The van der Waals surface area contributed by atoms with E-state index in [-0.39, 0.29) is 0 Å². The highest BCUT2D eigenvalue weighted by molar-refractivity contribution is 7.91. The molecule has 1 aliphatic heterocycles. The third-order valence-corrected chi connectivity index (χ3v) is 8.35. The lowest BCUT2D eigenvalue weighted by atomic mass is 10.1. The van der Waals surface area contributed by atoms with E-state index in [0.29, 0.717) is 21.1 Å². The Hall–Kier alpha value is -3.89. The Morgan fingerprint density at radius 2 is 1.68 bits per heavy atom. The van der Waals surface area contributed by atoms with Crippen LogP contribution in [0.3, 0.4) is 0 Å². The van der Waals surface area contributed by atoms with Crippen LogP contribution >= 0.6 is 0 Å². The first-order valence-corrected chi connectivity index (χ1v) is 13.7. The summed E-state index contributed by atoms with van der Waals surface area (Å²) < 4.78 is 30.7. The molecule has 192 valence electrons. The monoisotopic (exact) mass is 519 g/mol. The topological polar surface area (TPSA) is 122 Å². The number of hydrogen-bond donors (Lipinski definition) is 2. The predicted molar refractivity (Wildman–Crippen MR) is 142 cm³/mol. The van der Waals surface area contributed by atoms with Crippen molar-refractivity contribution in [2.75, 3.05) is 37.6 Å². The summed E-state index contributed by atoms with van der Waals surface area (Å²) in [5, 5.41) is 0. The number of sulfone groups is 1. The van der Waals surface area contributed by atoms with Gasteiger partial charge in [0.05, 0.1) is 15.3 Å². The molecule has 3 aromatic carbocycles. The number of aromatic nitrogens is 2. The first-order valence-electron chi connectivity index (χ1n) is 12.2. The van der Waals surface area contributed by atoms with Crippen LogP contribution in [0.15, 0.2) is 82.6 Å². The second kappa shape index (κ2) is 10.6. The third kappa shape index (κ3) is 5.60. The van der Waals surface area contributed by atoms with Gasteiger partial charge in [-0.15, -0.1) is 0 Å². The number of anilines is 1. The van der Waals surface area contributed by atoms with Crippen molar-refractivity contribution in [1.29, 1.82) is 0 Å². The van der Waals surface area contributed by atoms with Gasteiger partial charge in [0.15, 0.2) is 5.75 Å². The van der Waals surface area contributed by atoms with Gasteiger partial charge in [0, 0.05) is 26.2 Å². The van der Waals surface area contributed by atoms with Crippen molar-refractivity contribution in [2.24, 2.45) is 5.73 Å². The fourth-order valence-electron chi connectivity index (χ4n) is 4.60. The molecule has 3 N–H and O–H groups in total. The van der Waals surface area contributed by atoms with Crippen LogP contribution in [0.25, 0.3) is 11.0 Å². The van der Waals surface area contributed by atoms with Crippen LogP contribution in [-0.4, -0.2) is 62.1 Å². The molecule has 0 radical (unpaired) electrons. The molecule has 1 saturated heterocycles. The Balaban J connectivity index is 1.19. The number of carbonyl (C=O) groups excluding carboxylic acids is 1. The van der Waals surface area contributed by atoms with Crippen molar-refractivity contribution >= 4 is 32.9 Å². The zero-order valence-electron chi connectivity index (χ0n) is 20.3. The SMILES string of the molecule is NC(=O)Oc1cccc2[nH]c(N3CCCN(CCc4ccc(S(=O)(=O)c5ccccc5)cc4)CC3)nc12. The number of nitrogens with zero attached hydrogens (tertiary/aromatic N) is 3. The molecule has 0 spiro atoms. The number of H-pyrrole nitrogens is 1. The second-order valence-electron chi connectivity index (χ2n) is 9.03. The average molecular weight is 520 g/mol. The van der Waals surface area contributed by atoms with Crippen molar-refractivity contribution in [2.45, 2.75) is 22.6 Å². The van der Waals surface area contributed by atoms with Gasteiger partial charge in [-0.2, -0.15) is 0 Å². The predicted octanol–water partition coefficient (Wildman–Crippen LogP) is 3.61. The van der Waals surface area contributed by atoms with E-state index < -0.39 is 15.9 Å². The lowest BCUT2D eigenvalue weighted by Crippen LogP contribution is -2.32. The van der Waals surface area contributed by atoms with Crippen molar-refractivity contribution < 1.29 is 17.9 Å². The number of rotatable bonds is 7. The Morgan fingerprint density at radius 1 is 0.919 bits per heavy atom. The highest BCUT2D eigenvalue weighted by Crippen LogP contribution is 2.27. The normalized spacial score (nSPS) is 15.0. The molecule has 0 saturated carbocycles. The number of imidazole rings is 1. The number of aromatic amines is 1. The highest BCUT2D eigenvalue weighted by atomic mass is 32.2. The van der Waals surface area contributed by atoms with Gasteiger partial charge in [-0.25, -0.2) is 18.2 Å². The third-order valence-electron chi connectivity index (χ3n) is 6.57. The Bertz CT molecular complexity index is 1490. The molecule has 1 fully saturated rings. The van der Waals surface area contributed by atoms with Crippen LogP contribution in [0.5, 0.6) is 5.75 Å². The van der Waals surface area contributed by atoms with Crippen molar-refractivity contribution in [1.82, 2.24) is 14.9 Å². The summed E-state index contributed by atoms with van der Waals surface area (Å²) in [5.74, 6) is 1.08. The lowest BCUT2D eigenvalue weighted by molar-refractivity contribution is 0.211. The Morgan fingerprint density at radius 3 is 2.43 bits per heavy atom. The van der Waals surface area contributed by atoms with E-state index in [1.807, 2.05) is 18.2 Å². The largest absolute Gasteiger partial charge is 0.410 e. The quantitative estimate of drug-likeness (QED) is 0.383. The molecule has 1 amide bonds. The first-order chi connectivity index (χ1) is 17.9. The molecule has 9 nitrogen and oxygen atoms in total. The minimum atomic E-state index is -3.50. The smallest absolute Gasteiger partial charge is 0.408 e. The van der Waals surface area contributed by atoms with Crippen molar-refractivity contribution in [3.05, 3.63) is 78.4 Å². The maximum Gasteiger partial charge on any atom is 0.410 e. The number of para-hydroxylation sites is 1. The number of nitrogens with two attached hydrogens (primary N) is 1. The lowest BCUT2D eigenvalue weighted by Gasteiger charge is -2.21. The van der Waals surface area contributed by atoms with Gasteiger partial charge in [0.25, 0.3) is 0 Å². The zero-order valence-corrected chi connectivity index (χ0v) is 21.2. The van der Waals surface area contributed by atoms with Gasteiger partial charge in [-0.05, 0) is 61.3 Å². The number of benzene rings is 3. The number of nitrogens with one attached hydrogen (secondary N) is 1. The standard InChI is InChI=1S/C27H29N5O4S/c28-26(33)36-24-9-4-8-23-25(24)30-27(29-23)32-16-5-15-31(18-19-32)17-14-20-10-12-22(13-11-20)37(34,35)21-6-2-1-3-7-21/h1-4,6-13H,5,14-19H2,(H2,28,33)(H,29,30).